The highest BCUT2D eigenvalue weighted by Gasteiger charge is 2.25. The molecule has 15 heavy (non-hydrogen) atoms. The molecule has 2 N–H and O–H groups in total. The first kappa shape index (κ1) is 10.0. The van der Waals surface area contributed by atoms with Crippen molar-refractivity contribution in [2.45, 2.75) is 13.8 Å². The Balaban J connectivity index is 2.34. The van der Waals surface area contributed by atoms with Gasteiger partial charge in [0.1, 0.15) is 0 Å². The molecule has 5 heteroatoms. The van der Waals surface area contributed by atoms with Crippen LogP contribution in [0.5, 0.6) is 0 Å². The molecule has 0 radical (unpaired) electrons. The highest BCUT2D eigenvalue weighted by molar-refractivity contribution is 8.18. The predicted octanol–water partition coefficient (Wildman–Crippen LogP) is 1.96. The topological polar surface area (TPSA) is 62.0 Å². The molecule has 0 saturated carbocycles. The molecule has 1 aromatic rings. The molecule has 1 aromatic heterocycles. The highest BCUT2D eigenvalue weighted by Crippen LogP contribution is 2.26. The lowest BCUT2D eigenvalue weighted by Crippen LogP contribution is -2.17. The average Bonchev–Trinajstić information content (AvgIpc) is 2.58. The van der Waals surface area contributed by atoms with Crippen LogP contribution < -0.4 is 5.32 Å². The summed E-state index contributed by atoms with van der Waals surface area (Å²) in [6, 6.07) is 1.94. The molecular weight excluding hydrogens is 212 g/mol. The van der Waals surface area contributed by atoms with Gasteiger partial charge in [-0.15, -0.1) is 0 Å². The van der Waals surface area contributed by atoms with Crippen molar-refractivity contribution in [2.24, 2.45) is 0 Å². The molecule has 0 aliphatic carbocycles. The van der Waals surface area contributed by atoms with Gasteiger partial charge in [0, 0.05) is 11.4 Å². The number of thioether (sulfide) groups is 1. The fourth-order valence-corrected chi connectivity index (χ4v) is 2.13. The standard InChI is InChI=1S/C10H10N2O2S/c1-5-3-7(6(2)11-5)4-8-9(13)12-10(14)15-8/h3-4,11H,1-2H3,(H,12,13,14). The number of carbonyl (C=O) groups is 2. The van der Waals surface area contributed by atoms with Gasteiger partial charge in [-0.25, -0.2) is 0 Å². The number of carbonyl (C=O) groups excluding carboxylic acids is 2. The van der Waals surface area contributed by atoms with Crippen LogP contribution in [0, 0.1) is 13.8 Å². The highest BCUT2D eigenvalue weighted by atomic mass is 32.2. The van der Waals surface area contributed by atoms with E-state index in [0.29, 0.717) is 4.91 Å². The molecule has 1 aliphatic rings. The number of amides is 2. The Bertz CT molecular complexity index is 474. The minimum absolute atomic E-state index is 0.309. The van der Waals surface area contributed by atoms with Crippen molar-refractivity contribution in [3.05, 3.63) is 27.9 Å². The Morgan fingerprint density at radius 2 is 2.07 bits per heavy atom. The molecule has 0 bridgehead atoms. The summed E-state index contributed by atoms with van der Waals surface area (Å²) < 4.78 is 0. The number of imide groups is 1. The minimum atomic E-state index is -0.316. The van der Waals surface area contributed by atoms with Crippen LogP contribution >= 0.6 is 11.8 Å². The third-order valence-electron chi connectivity index (χ3n) is 2.12. The molecule has 1 fully saturated rings. The fraction of sp³-hybridized carbons (Fsp3) is 0.200. The van der Waals surface area contributed by atoms with Crippen LogP contribution in [0.3, 0.4) is 0 Å². The number of nitrogens with one attached hydrogen (secondary N) is 2. The van der Waals surface area contributed by atoms with E-state index in [0.717, 1.165) is 28.7 Å². The van der Waals surface area contributed by atoms with Crippen molar-refractivity contribution in [1.82, 2.24) is 10.3 Å². The van der Waals surface area contributed by atoms with E-state index in [4.69, 9.17) is 0 Å². The summed E-state index contributed by atoms with van der Waals surface area (Å²) in [5.74, 6) is -0.316. The third-order valence-corrected chi connectivity index (χ3v) is 2.93. The van der Waals surface area contributed by atoms with Gasteiger partial charge in [-0.3, -0.25) is 14.9 Å². The summed E-state index contributed by atoms with van der Waals surface area (Å²) in [6.07, 6.45) is 1.73. The summed E-state index contributed by atoms with van der Waals surface area (Å²) in [7, 11) is 0. The van der Waals surface area contributed by atoms with E-state index < -0.39 is 0 Å². The monoisotopic (exact) mass is 222 g/mol. The largest absolute Gasteiger partial charge is 0.362 e. The normalized spacial score (nSPS) is 18.7. The van der Waals surface area contributed by atoms with Crippen molar-refractivity contribution in [3.63, 3.8) is 0 Å². The quantitative estimate of drug-likeness (QED) is 0.714. The van der Waals surface area contributed by atoms with E-state index in [9.17, 15) is 9.59 Å². The van der Waals surface area contributed by atoms with Crippen LogP contribution in [0.25, 0.3) is 6.08 Å². The Kier molecular flexibility index (Phi) is 2.40. The van der Waals surface area contributed by atoms with Crippen molar-refractivity contribution in [2.75, 3.05) is 0 Å². The maximum absolute atomic E-state index is 11.3. The van der Waals surface area contributed by atoms with Gasteiger partial charge in [-0.2, -0.15) is 0 Å². The number of H-pyrrole nitrogens is 1. The molecule has 1 aliphatic heterocycles. The van der Waals surface area contributed by atoms with Gasteiger partial charge in [0.15, 0.2) is 0 Å². The zero-order chi connectivity index (χ0) is 11.0. The van der Waals surface area contributed by atoms with Gasteiger partial charge in [0.25, 0.3) is 11.1 Å². The first-order valence-electron chi connectivity index (χ1n) is 4.47. The zero-order valence-electron chi connectivity index (χ0n) is 8.38. The first-order chi connectivity index (χ1) is 7.06. The average molecular weight is 222 g/mol. The lowest BCUT2D eigenvalue weighted by atomic mass is 10.2. The second kappa shape index (κ2) is 3.58. The third kappa shape index (κ3) is 1.97. The van der Waals surface area contributed by atoms with Gasteiger partial charge in [0.05, 0.1) is 4.91 Å². The Morgan fingerprint density at radius 1 is 1.33 bits per heavy atom. The van der Waals surface area contributed by atoms with E-state index >= 15 is 0 Å². The molecule has 2 amide bonds. The summed E-state index contributed by atoms with van der Waals surface area (Å²) in [5, 5.41) is 1.91. The number of rotatable bonds is 1. The van der Waals surface area contributed by atoms with Crippen LogP contribution in [0.1, 0.15) is 17.0 Å². The minimum Gasteiger partial charge on any atom is -0.362 e. The van der Waals surface area contributed by atoms with Crippen molar-refractivity contribution >= 4 is 29.0 Å². The van der Waals surface area contributed by atoms with Gasteiger partial charge < -0.3 is 4.98 Å². The van der Waals surface area contributed by atoms with Gasteiger partial charge in [-0.1, -0.05) is 0 Å². The van der Waals surface area contributed by atoms with Gasteiger partial charge >= 0.3 is 0 Å². The van der Waals surface area contributed by atoms with E-state index in [1.807, 2.05) is 19.9 Å². The molecule has 2 rings (SSSR count). The van der Waals surface area contributed by atoms with Crippen LogP contribution in [0.4, 0.5) is 4.79 Å². The molecule has 1 saturated heterocycles. The van der Waals surface area contributed by atoms with Crippen molar-refractivity contribution < 1.29 is 9.59 Å². The van der Waals surface area contributed by atoms with Crippen molar-refractivity contribution in [1.29, 1.82) is 0 Å². The van der Waals surface area contributed by atoms with Crippen LogP contribution in [0.15, 0.2) is 11.0 Å². The second-order valence-corrected chi connectivity index (χ2v) is 4.40. The number of hydrogen-bond donors (Lipinski definition) is 2. The second-order valence-electron chi connectivity index (χ2n) is 3.38. The molecule has 4 nitrogen and oxygen atoms in total. The van der Waals surface area contributed by atoms with Crippen molar-refractivity contribution in [3.8, 4) is 0 Å². The van der Waals surface area contributed by atoms with E-state index in [1.54, 1.807) is 6.08 Å². The SMILES string of the molecule is Cc1cc(C=C2SC(=O)NC2=O)c(C)[nH]1. The Morgan fingerprint density at radius 3 is 2.53 bits per heavy atom. The Hall–Kier alpha value is -1.49. The van der Waals surface area contributed by atoms with Crippen LogP contribution in [0.2, 0.25) is 0 Å². The van der Waals surface area contributed by atoms with Crippen LogP contribution in [-0.2, 0) is 4.79 Å². The molecule has 0 atom stereocenters. The smallest absolute Gasteiger partial charge is 0.290 e. The molecule has 0 aromatic carbocycles. The number of aromatic amines is 1. The molecule has 2 heterocycles. The molecular formula is C10H10N2O2S. The zero-order valence-corrected chi connectivity index (χ0v) is 9.20. The summed E-state index contributed by atoms with van der Waals surface area (Å²) >= 11 is 0.934. The lowest BCUT2D eigenvalue weighted by molar-refractivity contribution is -0.115. The molecule has 0 unspecified atom stereocenters. The fourth-order valence-electron chi connectivity index (χ4n) is 1.46. The lowest BCUT2D eigenvalue weighted by Gasteiger charge is -1.91. The number of aromatic nitrogens is 1. The predicted molar refractivity (Wildman–Crippen MR) is 59.4 cm³/mol. The van der Waals surface area contributed by atoms with Crippen LogP contribution in [-0.4, -0.2) is 16.1 Å². The first-order valence-corrected chi connectivity index (χ1v) is 5.29. The van der Waals surface area contributed by atoms with E-state index in [1.165, 1.54) is 0 Å². The summed E-state index contributed by atoms with van der Waals surface area (Å²) in [4.78, 5) is 25.8. The van der Waals surface area contributed by atoms with Gasteiger partial charge in [-0.05, 0) is 43.3 Å². The summed E-state index contributed by atoms with van der Waals surface area (Å²) in [6.45, 7) is 3.88. The summed E-state index contributed by atoms with van der Waals surface area (Å²) in [5.41, 5.74) is 2.97. The Labute approximate surface area is 91.1 Å². The van der Waals surface area contributed by atoms with Gasteiger partial charge in [0.2, 0.25) is 0 Å². The molecule has 78 valence electrons. The number of hydrogen-bond acceptors (Lipinski definition) is 3. The maximum atomic E-state index is 11.3. The molecule has 0 spiro atoms. The van der Waals surface area contributed by atoms with E-state index in [2.05, 4.69) is 10.3 Å². The number of aryl methyl sites for hydroxylation is 2. The van der Waals surface area contributed by atoms with E-state index in [-0.39, 0.29) is 11.1 Å². The maximum Gasteiger partial charge on any atom is 0.290 e.